The number of benzene rings is 3. The molecule has 0 amide bonds. The van der Waals surface area contributed by atoms with Crippen molar-refractivity contribution < 1.29 is 56.1 Å². The average Bonchev–Trinajstić information content (AvgIpc) is 2.89. The van der Waals surface area contributed by atoms with Gasteiger partial charge in [-0.05, 0) is 36.4 Å². The van der Waals surface area contributed by atoms with Crippen molar-refractivity contribution in [2.24, 2.45) is 9.98 Å². The van der Waals surface area contributed by atoms with Crippen molar-refractivity contribution in [3.05, 3.63) is 71.8 Å². The summed E-state index contributed by atoms with van der Waals surface area (Å²) in [6.07, 6.45) is 3.12. The Bertz CT molecular complexity index is 1170. The monoisotopic (exact) mass is 577 g/mol. The first-order valence-corrected chi connectivity index (χ1v) is 11.9. The van der Waals surface area contributed by atoms with E-state index in [0.29, 0.717) is 60.4 Å². The summed E-state index contributed by atoms with van der Waals surface area (Å²) < 4.78 is 22.3. The first kappa shape index (κ1) is 31.3. The number of phenols is 2. The Kier molecular flexibility index (Phi) is 13.5. The molecule has 3 N–H and O–H groups in total. The van der Waals surface area contributed by atoms with Gasteiger partial charge in [-0.2, -0.15) is 0 Å². The fraction of sp³-hybridized carbons (Fsp3) is 0.250. The van der Waals surface area contributed by atoms with E-state index in [1.807, 2.05) is 24.3 Å². The standard InChI is InChI=1S/C26H26N2O6.C2H4O2.Mn/c29-25-19-5-3-9-23(25)33-15-13-31-11-12-32-14-16-34-24-10-4-6-20(26(24)30)18-28-22-8-2-1-7-21(22)27-17-19;1-2(3)4;/h1-10,17-18,29-30H,11-16H2;1H3,(H,3,4);. The van der Waals surface area contributed by atoms with Gasteiger partial charge in [-0.1, -0.05) is 24.3 Å². The topological polar surface area (TPSA) is 139 Å². The van der Waals surface area contributed by atoms with Gasteiger partial charge in [0, 0.05) is 47.5 Å². The van der Waals surface area contributed by atoms with Crippen LogP contribution in [0.4, 0.5) is 11.4 Å². The van der Waals surface area contributed by atoms with Gasteiger partial charge in [0.25, 0.3) is 5.97 Å². The fourth-order valence-corrected chi connectivity index (χ4v) is 3.22. The summed E-state index contributed by atoms with van der Waals surface area (Å²) >= 11 is 0. The molecule has 0 spiro atoms. The first-order valence-electron chi connectivity index (χ1n) is 11.9. The van der Waals surface area contributed by atoms with Crippen LogP contribution in [-0.4, -0.2) is 73.4 Å². The van der Waals surface area contributed by atoms with E-state index in [1.54, 1.807) is 48.8 Å². The number of aliphatic imine (C=N–C) groups is 2. The number of hydrogen-bond donors (Lipinski definition) is 3. The van der Waals surface area contributed by atoms with Crippen LogP contribution >= 0.6 is 0 Å². The van der Waals surface area contributed by atoms with Crippen molar-refractivity contribution in [2.45, 2.75) is 6.92 Å². The van der Waals surface area contributed by atoms with Crippen LogP contribution in [0.3, 0.4) is 0 Å². The summed E-state index contributed by atoms with van der Waals surface area (Å²) in [7, 11) is 0. The molecule has 0 aliphatic carbocycles. The molecule has 1 aliphatic rings. The summed E-state index contributed by atoms with van der Waals surface area (Å²) in [5.41, 5.74) is 2.22. The van der Waals surface area contributed by atoms with Crippen LogP contribution in [0, 0.1) is 0 Å². The molecule has 207 valence electrons. The maximum atomic E-state index is 10.6. The number of fused-ring (bicyclic) bond motifs is 5. The molecule has 1 heterocycles. The molecule has 0 aromatic heterocycles. The van der Waals surface area contributed by atoms with Gasteiger partial charge in [0.1, 0.15) is 13.2 Å². The smallest absolute Gasteiger partial charge is 0.300 e. The summed E-state index contributed by atoms with van der Waals surface area (Å²) in [4.78, 5) is 18.0. The van der Waals surface area contributed by atoms with Gasteiger partial charge in [-0.25, -0.2) is 0 Å². The summed E-state index contributed by atoms with van der Waals surface area (Å²) in [6, 6.07) is 17.8. The van der Waals surface area contributed by atoms with Gasteiger partial charge >= 0.3 is 0 Å². The van der Waals surface area contributed by atoms with Crippen molar-refractivity contribution in [1.29, 1.82) is 0 Å². The van der Waals surface area contributed by atoms with E-state index >= 15 is 0 Å². The number of carboxylic acids is 1. The van der Waals surface area contributed by atoms with Gasteiger partial charge in [0.05, 0.1) is 37.8 Å². The third-order valence-corrected chi connectivity index (χ3v) is 4.97. The van der Waals surface area contributed by atoms with E-state index in [4.69, 9.17) is 28.8 Å². The predicted molar refractivity (Wildman–Crippen MR) is 143 cm³/mol. The average molecular weight is 577 g/mol. The number of nitrogens with zero attached hydrogens (tertiary/aromatic N) is 2. The predicted octanol–water partition coefficient (Wildman–Crippen LogP) is 4.49. The van der Waals surface area contributed by atoms with E-state index in [0.717, 1.165) is 6.92 Å². The quantitative estimate of drug-likeness (QED) is 0.332. The Morgan fingerprint density at radius 2 is 1.05 bits per heavy atom. The van der Waals surface area contributed by atoms with E-state index < -0.39 is 5.97 Å². The molecule has 4 bridgehead atoms. The zero-order chi connectivity index (χ0) is 27.2. The van der Waals surface area contributed by atoms with Crippen LogP contribution in [-0.2, 0) is 31.3 Å². The molecule has 10 nitrogen and oxygen atoms in total. The van der Waals surface area contributed by atoms with E-state index in [9.17, 15) is 10.2 Å². The molecule has 0 saturated heterocycles. The molecule has 0 atom stereocenters. The Morgan fingerprint density at radius 1 is 0.667 bits per heavy atom. The molecule has 0 unspecified atom stereocenters. The first-order chi connectivity index (χ1) is 18.5. The van der Waals surface area contributed by atoms with Crippen molar-refractivity contribution in [1.82, 2.24) is 0 Å². The second kappa shape index (κ2) is 16.8. The number of hydrogen-bond acceptors (Lipinski definition) is 9. The molecule has 0 fully saturated rings. The third-order valence-electron chi connectivity index (χ3n) is 4.97. The van der Waals surface area contributed by atoms with Crippen LogP contribution in [0.25, 0.3) is 0 Å². The van der Waals surface area contributed by atoms with Gasteiger partial charge in [0.15, 0.2) is 23.0 Å². The SMILES string of the molecule is CC(=O)O.Oc1c2cccc1OCCOCCOCCOc1cccc(c1O)C=Nc1ccccc1N=C2.[Mn]. The minimum absolute atomic E-state index is 0. The molecule has 11 heteroatoms. The number of rotatable bonds is 0. The molecule has 1 radical (unpaired) electrons. The van der Waals surface area contributed by atoms with Gasteiger partial charge in [-0.15, -0.1) is 0 Å². The Morgan fingerprint density at radius 3 is 1.46 bits per heavy atom. The van der Waals surface area contributed by atoms with Crippen molar-refractivity contribution in [2.75, 3.05) is 39.6 Å². The van der Waals surface area contributed by atoms with Crippen LogP contribution in [0.1, 0.15) is 18.1 Å². The Balaban J connectivity index is 0.000000998. The summed E-state index contributed by atoms with van der Waals surface area (Å²) in [5.74, 6) is -0.131. The minimum atomic E-state index is -0.833. The van der Waals surface area contributed by atoms with E-state index in [1.165, 1.54) is 0 Å². The van der Waals surface area contributed by atoms with Gasteiger partial charge < -0.3 is 34.3 Å². The number of carbonyl (C=O) groups is 1. The molecule has 39 heavy (non-hydrogen) atoms. The van der Waals surface area contributed by atoms with Crippen molar-refractivity contribution in [3.63, 3.8) is 0 Å². The zero-order valence-electron chi connectivity index (χ0n) is 21.3. The zero-order valence-corrected chi connectivity index (χ0v) is 22.5. The maximum Gasteiger partial charge on any atom is 0.300 e. The Labute approximate surface area is 237 Å². The second-order valence-corrected chi connectivity index (χ2v) is 7.83. The van der Waals surface area contributed by atoms with Crippen LogP contribution in [0.15, 0.2) is 70.6 Å². The number of carboxylic acid groups (broad SMARTS) is 1. The van der Waals surface area contributed by atoms with Crippen molar-refractivity contribution >= 4 is 29.8 Å². The van der Waals surface area contributed by atoms with Crippen LogP contribution in [0.2, 0.25) is 0 Å². The molecular formula is C28H30MnN2O8. The third kappa shape index (κ3) is 10.4. The maximum absolute atomic E-state index is 10.6. The van der Waals surface area contributed by atoms with Crippen molar-refractivity contribution in [3.8, 4) is 23.0 Å². The number of phenolic OH excluding ortho intramolecular Hbond substituents is 2. The minimum Gasteiger partial charge on any atom is -0.504 e. The van der Waals surface area contributed by atoms with Crippen LogP contribution in [0.5, 0.6) is 23.0 Å². The molecule has 4 rings (SSSR count). The van der Waals surface area contributed by atoms with E-state index in [-0.39, 0.29) is 41.8 Å². The summed E-state index contributed by atoms with van der Waals surface area (Å²) in [6.45, 7) is 3.15. The molecule has 0 saturated carbocycles. The number of aliphatic carboxylic acids is 1. The fourth-order valence-electron chi connectivity index (χ4n) is 3.22. The van der Waals surface area contributed by atoms with Crippen LogP contribution < -0.4 is 9.47 Å². The number of para-hydroxylation sites is 4. The Hall–Kier alpha value is -3.89. The van der Waals surface area contributed by atoms with Gasteiger partial charge in [-0.3, -0.25) is 14.8 Å². The van der Waals surface area contributed by atoms with Gasteiger partial charge in [0.2, 0.25) is 0 Å². The largest absolute Gasteiger partial charge is 0.504 e. The molecule has 3 aromatic rings. The van der Waals surface area contributed by atoms with E-state index in [2.05, 4.69) is 9.98 Å². The number of aromatic hydroxyl groups is 2. The summed E-state index contributed by atoms with van der Waals surface area (Å²) in [5, 5.41) is 28.6. The number of ether oxygens (including phenoxy) is 4. The normalized spacial score (nSPS) is 13.9. The molecular weight excluding hydrogens is 547 g/mol. The molecule has 3 aromatic carbocycles. The second-order valence-electron chi connectivity index (χ2n) is 7.83. The molecule has 1 aliphatic heterocycles.